The first-order valence-electron chi connectivity index (χ1n) is 6.43. The Bertz CT molecular complexity index is 756. The van der Waals surface area contributed by atoms with Crippen molar-refractivity contribution in [2.75, 3.05) is 4.72 Å². The van der Waals surface area contributed by atoms with Crippen LogP contribution in [0.25, 0.3) is 0 Å². The summed E-state index contributed by atoms with van der Waals surface area (Å²) >= 11 is 0. The lowest BCUT2D eigenvalue weighted by Crippen LogP contribution is -2.16. The van der Waals surface area contributed by atoms with Crippen LogP contribution in [0.3, 0.4) is 0 Å². The van der Waals surface area contributed by atoms with Gasteiger partial charge in [-0.05, 0) is 26.0 Å². The molecule has 0 fully saturated rings. The van der Waals surface area contributed by atoms with Gasteiger partial charge in [-0.2, -0.15) is 8.42 Å². The average molecular weight is 312 g/mol. The molecule has 0 aliphatic rings. The summed E-state index contributed by atoms with van der Waals surface area (Å²) in [7, 11) is -3.88. The lowest BCUT2D eigenvalue weighted by molar-refractivity contribution is 0.597. The topological polar surface area (TPSA) is 90.0 Å². The molecule has 2 rings (SSSR count). The second kappa shape index (κ2) is 5.82. The third-order valence-electron chi connectivity index (χ3n) is 3.14. The fraction of sp³-hybridized carbons (Fsp3) is 0.308. The molecule has 0 spiro atoms. The van der Waals surface area contributed by atoms with Crippen LogP contribution in [-0.4, -0.2) is 18.0 Å². The van der Waals surface area contributed by atoms with E-state index >= 15 is 0 Å². The lowest BCUT2D eigenvalue weighted by Gasteiger charge is -2.10. The lowest BCUT2D eigenvalue weighted by atomic mass is 10.2. The van der Waals surface area contributed by atoms with Gasteiger partial charge in [0.1, 0.15) is 11.6 Å². The highest BCUT2D eigenvalue weighted by Gasteiger charge is 2.21. The summed E-state index contributed by atoms with van der Waals surface area (Å²) in [5.41, 5.74) is 5.71. The van der Waals surface area contributed by atoms with E-state index in [1.54, 1.807) is 11.5 Å². The second-order valence-corrected chi connectivity index (χ2v) is 6.12. The highest BCUT2D eigenvalue weighted by atomic mass is 32.2. The van der Waals surface area contributed by atoms with E-state index in [0.717, 1.165) is 0 Å². The van der Waals surface area contributed by atoms with Gasteiger partial charge in [-0.1, -0.05) is 6.07 Å². The Morgan fingerprint density at radius 3 is 2.71 bits per heavy atom. The number of imidazole rings is 1. The molecule has 0 saturated heterocycles. The molecule has 0 saturated carbocycles. The van der Waals surface area contributed by atoms with Crippen LogP contribution in [0.15, 0.2) is 29.4 Å². The quantitative estimate of drug-likeness (QED) is 0.877. The normalized spacial score (nSPS) is 11.6. The van der Waals surface area contributed by atoms with Crippen molar-refractivity contribution in [3.8, 4) is 0 Å². The van der Waals surface area contributed by atoms with E-state index < -0.39 is 15.8 Å². The van der Waals surface area contributed by atoms with Gasteiger partial charge in [0.05, 0.1) is 5.69 Å². The number of aryl methyl sites for hydroxylation is 2. The zero-order valence-corrected chi connectivity index (χ0v) is 12.6. The fourth-order valence-corrected chi connectivity index (χ4v) is 3.09. The number of halogens is 1. The standard InChI is InChI=1S/C13H17FN4O2S/c1-3-18-8-13(16-9(18)2)21(19,20)17-12-6-4-5-11(14)10(12)7-15/h4-6,8,17H,3,7,15H2,1-2H3. The number of nitrogens with zero attached hydrogens (tertiary/aromatic N) is 2. The minimum Gasteiger partial charge on any atom is -0.334 e. The minimum atomic E-state index is -3.88. The Balaban J connectivity index is 2.40. The van der Waals surface area contributed by atoms with E-state index in [2.05, 4.69) is 9.71 Å². The molecule has 0 amide bonds. The van der Waals surface area contributed by atoms with E-state index in [-0.39, 0.29) is 22.8 Å². The van der Waals surface area contributed by atoms with Gasteiger partial charge in [0.15, 0.2) is 5.03 Å². The fourth-order valence-electron chi connectivity index (χ4n) is 1.99. The molecule has 0 aliphatic heterocycles. The molecule has 0 atom stereocenters. The zero-order valence-electron chi connectivity index (χ0n) is 11.8. The maximum Gasteiger partial charge on any atom is 0.280 e. The van der Waals surface area contributed by atoms with Crippen molar-refractivity contribution in [1.29, 1.82) is 0 Å². The van der Waals surface area contributed by atoms with Crippen LogP contribution in [0.2, 0.25) is 0 Å². The van der Waals surface area contributed by atoms with E-state index in [9.17, 15) is 12.8 Å². The molecule has 1 aromatic carbocycles. The smallest absolute Gasteiger partial charge is 0.280 e. The van der Waals surface area contributed by atoms with Crippen molar-refractivity contribution < 1.29 is 12.8 Å². The predicted molar refractivity (Wildman–Crippen MR) is 77.7 cm³/mol. The summed E-state index contributed by atoms with van der Waals surface area (Å²) in [6, 6.07) is 4.12. The summed E-state index contributed by atoms with van der Waals surface area (Å²) in [5, 5.41) is -0.103. The monoisotopic (exact) mass is 312 g/mol. The van der Waals surface area contributed by atoms with Crippen molar-refractivity contribution in [3.05, 3.63) is 41.6 Å². The van der Waals surface area contributed by atoms with Gasteiger partial charge in [0, 0.05) is 24.8 Å². The minimum absolute atomic E-state index is 0.103. The molecule has 21 heavy (non-hydrogen) atoms. The van der Waals surface area contributed by atoms with Gasteiger partial charge in [-0.3, -0.25) is 4.72 Å². The number of rotatable bonds is 5. The number of sulfonamides is 1. The molecule has 114 valence electrons. The summed E-state index contributed by atoms with van der Waals surface area (Å²) in [6.45, 7) is 4.11. The van der Waals surface area contributed by atoms with Crippen molar-refractivity contribution in [2.24, 2.45) is 5.73 Å². The predicted octanol–water partition coefficient (Wildman–Crippen LogP) is 1.61. The summed E-state index contributed by atoms with van der Waals surface area (Å²) in [5.74, 6) is 0.0455. The van der Waals surface area contributed by atoms with Crippen molar-refractivity contribution >= 4 is 15.7 Å². The van der Waals surface area contributed by atoms with Crippen LogP contribution < -0.4 is 10.5 Å². The Morgan fingerprint density at radius 1 is 1.43 bits per heavy atom. The molecule has 0 radical (unpaired) electrons. The second-order valence-electron chi connectivity index (χ2n) is 4.49. The van der Waals surface area contributed by atoms with E-state index in [0.29, 0.717) is 12.4 Å². The van der Waals surface area contributed by atoms with E-state index in [1.165, 1.54) is 24.4 Å². The van der Waals surface area contributed by atoms with Gasteiger partial charge < -0.3 is 10.3 Å². The van der Waals surface area contributed by atoms with Crippen molar-refractivity contribution in [2.45, 2.75) is 32.0 Å². The number of anilines is 1. The number of hydrogen-bond donors (Lipinski definition) is 2. The van der Waals surface area contributed by atoms with Crippen LogP contribution in [0.1, 0.15) is 18.3 Å². The first kappa shape index (κ1) is 15.5. The Morgan fingerprint density at radius 2 is 2.14 bits per heavy atom. The molecule has 0 unspecified atom stereocenters. The summed E-state index contributed by atoms with van der Waals surface area (Å²) in [6.07, 6.45) is 1.44. The number of aromatic nitrogens is 2. The van der Waals surface area contributed by atoms with Gasteiger partial charge in [-0.15, -0.1) is 0 Å². The largest absolute Gasteiger partial charge is 0.334 e. The summed E-state index contributed by atoms with van der Waals surface area (Å²) < 4.78 is 42.3. The number of hydrogen-bond acceptors (Lipinski definition) is 4. The third kappa shape index (κ3) is 3.06. The van der Waals surface area contributed by atoms with Gasteiger partial charge in [0.25, 0.3) is 10.0 Å². The van der Waals surface area contributed by atoms with Crippen LogP contribution in [0, 0.1) is 12.7 Å². The van der Waals surface area contributed by atoms with Gasteiger partial charge in [-0.25, -0.2) is 9.37 Å². The van der Waals surface area contributed by atoms with Gasteiger partial charge >= 0.3 is 0 Å². The van der Waals surface area contributed by atoms with Crippen LogP contribution in [-0.2, 0) is 23.1 Å². The van der Waals surface area contributed by atoms with Crippen molar-refractivity contribution in [3.63, 3.8) is 0 Å². The highest BCUT2D eigenvalue weighted by molar-refractivity contribution is 7.92. The average Bonchev–Trinajstić information content (AvgIpc) is 2.81. The van der Waals surface area contributed by atoms with Crippen LogP contribution in [0.5, 0.6) is 0 Å². The third-order valence-corrected chi connectivity index (χ3v) is 4.37. The molecular weight excluding hydrogens is 295 g/mol. The van der Waals surface area contributed by atoms with Crippen LogP contribution in [0.4, 0.5) is 10.1 Å². The van der Waals surface area contributed by atoms with Crippen molar-refractivity contribution in [1.82, 2.24) is 9.55 Å². The van der Waals surface area contributed by atoms with E-state index in [4.69, 9.17) is 5.73 Å². The first-order chi connectivity index (χ1) is 9.89. The van der Waals surface area contributed by atoms with Gasteiger partial charge in [0.2, 0.25) is 0 Å². The molecular formula is C13H17FN4O2S. The molecule has 0 bridgehead atoms. The van der Waals surface area contributed by atoms with Crippen LogP contribution >= 0.6 is 0 Å². The molecule has 0 aliphatic carbocycles. The maximum absolute atomic E-state index is 13.6. The summed E-state index contributed by atoms with van der Waals surface area (Å²) in [4.78, 5) is 4.01. The highest BCUT2D eigenvalue weighted by Crippen LogP contribution is 2.22. The molecule has 3 N–H and O–H groups in total. The molecule has 1 heterocycles. The number of benzene rings is 1. The maximum atomic E-state index is 13.6. The zero-order chi connectivity index (χ0) is 15.6. The first-order valence-corrected chi connectivity index (χ1v) is 7.91. The Kier molecular flexibility index (Phi) is 4.29. The van der Waals surface area contributed by atoms with E-state index in [1.807, 2.05) is 6.92 Å². The molecule has 6 nitrogen and oxygen atoms in total. The Labute approximate surface area is 122 Å². The number of nitrogens with one attached hydrogen (secondary N) is 1. The SMILES string of the molecule is CCn1cc(S(=O)(=O)Nc2cccc(F)c2CN)nc1C. The number of nitrogens with two attached hydrogens (primary N) is 1. The Hall–Kier alpha value is -1.93. The molecule has 2 aromatic rings. The molecule has 8 heteroatoms. The molecule has 1 aromatic heterocycles.